The van der Waals surface area contributed by atoms with Gasteiger partial charge in [0.1, 0.15) is 5.75 Å². The van der Waals surface area contributed by atoms with E-state index in [9.17, 15) is 4.79 Å². The Morgan fingerprint density at radius 3 is 2.18 bits per heavy atom. The normalized spacial score (nSPS) is 12.1. The molecule has 39 heavy (non-hydrogen) atoms. The molecule has 2 aromatic heterocycles. The van der Waals surface area contributed by atoms with E-state index in [-0.39, 0.29) is 11.8 Å². The smallest absolute Gasteiger partial charge is 0.232 e. The summed E-state index contributed by atoms with van der Waals surface area (Å²) in [5, 5.41) is 5.72. The minimum Gasteiger partial charge on any atom is -0.497 e. The van der Waals surface area contributed by atoms with E-state index in [4.69, 9.17) is 9.72 Å². The summed E-state index contributed by atoms with van der Waals surface area (Å²) in [6.07, 6.45) is 4.30. The van der Waals surface area contributed by atoms with E-state index in [2.05, 4.69) is 46.7 Å². The first-order chi connectivity index (χ1) is 18.9. The number of methoxy groups -OCH3 is 1. The van der Waals surface area contributed by atoms with E-state index >= 15 is 0 Å². The molecule has 0 saturated carbocycles. The summed E-state index contributed by atoms with van der Waals surface area (Å²) in [6.45, 7) is 3.98. The third-order valence-corrected chi connectivity index (χ3v) is 7.82. The van der Waals surface area contributed by atoms with Crippen molar-refractivity contribution in [2.75, 3.05) is 12.4 Å². The lowest BCUT2D eigenvalue weighted by Gasteiger charge is -2.33. The van der Waals surface area contributed by atoms with Crippen molar-refractivity contribution in [3.63, 3.8) is 0 Å². The van der Waals surface area contributed by atoms with Crippen molar-refractivity contribution < 1.29 is 9.53 Å². The zero-order valence-electron chi connectivity index (χ0n) is 22.3. The van der Waals surface area contributed by atoms with Gasteiger partial charge in [0.15, 0.2) is 5.13 Å². The second-order valence-corrected chi connectivity index (χ2v) is 10.9. The molecule has 196 valence electrons. The molecule has 1 amide bonds. The van der Waals surface area contributed by atoms with Crippen molar-refractivity contribution in [2.45, 2.75) is 26.2 Å². The highest BCUT2D eigenvalue weighted by atomic mass is 32.1. The highest BCUT2D eigenvalue weighted by Gasteiger charge is 2.39. The summed E-state index contributed by atoms with van der Waals surface area (Å²) < 4.78 is 5.35. The molecule has 5 aromatic rings. The number of hydrogen-bond donors (Lipinski definition) is 1. The first-order valence-corrected chi connectivity index (χ1v) is 13.8. The number of anilines is 1. The van der Waals surface area contributed by atoms with Crippen LogP contribution in [0.2, 0.25) is 0 Å². The van der Waals surface area contributed by atoms with Gasteiger partial charge in [-0.2, -0.15) is 0 Å². The maximum Gasteiger partial charge on any atom is 0.232 e. The quantitative estimate of drug-likeness (QED) is 0.212. The number of thiazole rings is 1. The molecular formula is C33H31N3O2S. The topological polar surface area (TPSA) is 64.1 Å². The first kappa shape index (κ1) is 26.3. The van der Waals surface area contributed by atoms with Gasteiger partial charge in [-0.1, -0.05) is 80.6 Å². The number of aromatic nitrogens is 2. The lowest BCUT2D eigenvalue weighted by Crippen LogP contribution is -2.37. The van der Waals surface area contributed by atoms with Gasteiger partial charge in [-0.25, -0.2) is 4.98 Å². The number of pyridine rings is 1. The summed E-state index contributed by atoms with van der Waals surface area (Å²) >= 11 is 1.45. The predicted octanol–water partition coefficient (Wildman–Crippen LogP) is 7.60. The minimum absolute atomic E-state index is 0.0743. The zero-order valence-corrected chi connectivity index (χ0v) is 23.1. The van der Waals surface area contributed by atoms with Crippen LogP contribution in [0.1, 0.15) is 42.1 Å². The van der Waals surface area contributed by atoms with Crippen LogP contribution in [0.5, 0.6) is 5.75 Å². The molecule has 0 saturated heterocycles. The Morgan fingerprint density at radius 1 is 0.872 bits per heavy atom. The van der Waals surface area contributed by atoms with Gasteiger partial charge < -0.3 is 10.1 Å². The summed E-state index contributed by atoms with van der Waals surface area (Å²) in [7, 11) is 1.65. The van der Waals surface area contributed by atoms with Gasteiger partial charge in [-0.05, 0) is 52.1 Å². The molecule has 0 fully saturated rings. The van der Waals surface area contributed by atoms with Gasteiger partial charge in [0.2, 0.25) is 5.91 Å². The van der Waals surface area contributed by atoms with Crippen LogP contribution in [0.15, 0.2) is 109 Å². The van der Waals surface area contributed by atoms with Gasteiger partial charge in [0, 0.05) is 30.1 Å². The lowest BCUT2D eigenvalue weighted by molar-refractivity contribution is -0.124. The van der Waals surface area contributed by atoms with Crippen molar-refractivity contribution >= 4 is 22.4 Å². The predicted molar refractivity (Wildman–Crippen MR) is 158 cm³/mol. The van der Waals surface area contributed by atoms with Gasteiger partial charge in [-0.15, -0.1) is 11.3 Å². The molecule has 1 unspecified atom stereocenters. The van der Waals surface area contributed by atoms with Gasteiger partial charge in [-0.3, -0.25) is 9.78 Å². The third kappa shape index (κ3) is 6.07. The number of nitrogens with zero attached hydrogens (tertiary/aromatic N) is 2. The standard InChI is InChI=1S/C33H31N3O2S/c1-33(2,30(26-7-5-4-6-8-26)27-13-15-29(38-3)16-14-27)31(37)36-32-35-28(22-39-32)21-23-9-11-24(12-10-23)25-17-19-34-20-18-25/h4-20,22,30H,21H2,1-3H3,(H,35,36,37). The summed E-state index contributed by atoms with van der Waals surface area (Å²) in [6, 6.07) is 30.6. The van der Waals surface area contributed by atoms with E-state index in [0.29, 0.717) is 11.6 Å². The molecular weight excluding hydrogens is 502 g/mol. The Bertz CT molecular complexity index is 1510. The molecule has 0 aliphatic rings. The molecule has 5 nitrogen and oxygen atoms in total. The Labute approximate surface area is 233 Å². The summed E-state index contributed by atoms with van der Waals surface area (Å²) in [5.41, 5.74) is 5.78. The van der Waals surface area contributed by atoms with E-state index in [1.165, 1.54) is 16.9 Å². The molecule has 0 aliphatic heterocycles. The maximum atomic E-state index is 13.7. The Morgan fingerprint density at radius 2 is 1.51 bits per heavy atom. The number of ether oxygens (including phenoxy) is 1. The molecule has 0 spiro atoms. The maximum absolute atomic E-state index is 13.7. The average molecular weight is 534 g/mol. The average Bonchev–Trinajstić information content (AvgIpc) is 3.41. The van der Waals surface area contributed by atoms with E-state index < -0.39 is 5.41 Å². The number of hydrogen-bond acceptors (Lipinski definition) is 5. The van der Waals surface area contributed by atoms with Crippen LogP contribution >= 0.6 is 11.3 Å². The fourth-order valence-corrected chi connectivity index (χ4v) is 5.58. The Hall–Kier alpha value is -4.29. The van der Waals surface area contributed by atoms with E-state index in [0.717, 1.165) is 33.7 Å². The van der Waals surface area contributed by atoms with E-state index in [1.807, 2.05) is 73.8 Å². The minimum atomic E-state index is -0.745. The van der Waals surface area contributed by atoms with Gasteiger partial charge >= 0.3 is 0 Å². The van der Waals surface area contributed by atoms with Crippen LogP contribution in [-0.4, -0.2) is 23.0 Å². The number of nitrogens with one attached hydrogen (secondary N) is 1. The van der Waals surface area contributed by atoms with Crippen molar-refractivity contribution in [3.8, 4) is 16.9 Å². The Kier molecular flexibility index (Phi) is 7.84. The van der Waals surface area contributed by atoms with Crippen LogP contribution in [0.3, 0.4) is 0 Å². The highest BCUT2D eigenvalue weighted by Crippen LogP contribution is 2.42. The molecule has 2 heterocycles. The van der Waals surface area contributed by atoms with Crippen LogP contribution in [0, 0.1) is 5.41 Å². The fourth-order valence-electron chi connectivity index (χ4n) is 4.87. The van der Waals surface area contributed by atoms with Crippen molar-refractivity contribution in [3.05, 3.63) is 131 Å². The summed E-state index contributed by atoms with van der Waals surface area (Å²) in [5.74, 6) is 0.563. The molecule has 0 aliphatic carbocycles. The number of amides is 1. The fraction of sp³-hybridized carbons (Fsp3) is 0.182. The van der Waals surface area contributed by atoms with Crippen molar-refractivity contribution in [1.29, 1.82) is 0 Å². The first-order valence-electron chi connectivity index (χ1n) is 12.9. The van der Waals surface area contributed by atoms with E-state index in [1.54, 1.807) is 19.5 Å². The second kappa shape index (κ2) is 11.6. The molecule has 1 N–H and O–H groups in total. The number of carbonyl (C=O) groups excluding carboxylic acids is 1. The van der Waals surface area contributed by atoms with Crippen molar-refractivity contribution in [1.82, 2.24) is 9.97 Å². The SMILES string of the molecule is COc1ccc(C(c2ccccc2)C(C)(C)C(=O)Nc2nc(Cc3ccc(-c4ccncc4)cc3)cs2)cc1. The molecule has 5 rings (SSSR count). The van der Waals surface area contributed by atoms with Crippen molar-refractivity contribution in [2.24, 2.45) is 5.41 Å². The monoisotopic (exact) mass is 533 g/mol. The highest BCUT2D eigenvalue weighted by molar-refractivity contribution is 7.13. The molecule has 6 heteroatoms. The van der Waals surface area contributed by atoms with Crippen LogP contribution in [0.4, 0.5) is 5.13 Å². The lowest BCUT2D eigenvalue weighted by atomic mass is 9.70. The second-order valence-electron chi connectivity index (χ2n) is 10.0. The van der Waals surface area contributed by atoms with Gasteiger partial charge in [0.25, 0.3) is 0 Å². The van der Waals surface area contributed by atoms with Crippen LogP contribution in [-0.2, 0) is 11.2 Å². The molecule has 3 aromatic carbocycles. The molecule has 0 radical (unpaired) electrons. The third-order valence-electron chi connectivity index (χ3n) is 7.01. The van der Waals surface area contributed by atoms with Gasteiger partial charge in [0.05, 0.1) is 18.2 Å². The number of carbonyl (C=O) groups is 1. The Balaban J connectivity index is 1.31. The summed E-state index contributed by atoms with van der Waals surface area (Å²) in [4.78, 5) is 22.5. The largest absolute Gasteiger partial charge is 0.497 e. The van der Waals surface area contributed by atoms with Crippen LogP contribution < -0.4 is 10.1 Å². The molecule has 1 atom stereocenters. The number of rotatable bonds is 9. The zero-order chi connectivity index (χ0) is 27.2. The number of benzene rings is 3. The van der Waals surface area contributed by atoms with Crippen LogP contribution in [0.25, 0.3) is 11.1 Å². The molecule has 0 bridgehead atoms.